The number of hydrogen-bond acceptors (Lipinski definition) is 6. The van der Waals surface area contributed by atoms with Crippen molar-refractivity contribution in [2.45, 2.75) is 52.0 Å². The van der Waals surface area contributed by atoms with Crippen LogP contribution in [0.15, 0.2) is 39.8 Å². The van der Waals surface area contributed by atoms with Crippen LogP contribution in [0.2, 0.25) is 0 Å². The van der Waals surface area contributed by atoms with Crippen LogP contribution in [-0.2, 0) is 13.0 Å². The van der Waals surface area contributed by atoms with E-state index in [0.29, 0.717) is 5.92 Å². The van der Waals surface area contributed by atoms with Gasteiger partial charge in [-0.05, 0) is 103 Å². The lowest BCUT2D eigenvalue weighted by Crippen LogP contribution is -2.35. The topological polar surface area (TPSA) is 83.4 Å². The van der Waals surface area contributed by atoms with Gasteiger partial charge in [-0.15, -0.1) is 24.8 Å². The summed E-state index contributed by atoms with van der Waals surface area (Å²) in [6, 6.07) is 8.00. The number of ether oxygens (including phenoxy) is 1. The Bertz CT molecular complexity index is 1120. The van der Waals surface area contributed by atoms with E-state index in [1.165, 1.54) is 25.7 Å². The molecule has 0 atom stereocenters. The van der Waals surface area contributed by atoms with Gasteiger partial charge in [0.15, 0.2) is 5.58 Å². The van der Waals surface area contributed by atoms with Gasteiger partial charge in [0.2, 0.25) is 0 Å². The van der Waals surface area contributed by atoms with Crippen LogP contribution in [0.25, 0.3) is 11.0 Å². The summed E-state index contributed by atoms with van der Waals surface area (Å²) in [6.07, 6.45) is 8.67. The third kappa shape index (κ3) is 7.97. The summed E-state index contributed by atoms with van der Waals surface area (Å²) in [5.74, 6) is 2.35. The first-order chi connectivity index (χ1) is 16.6. The van der Waals surface area contributed by atoms with E-state index in [4.69, 9.17) is 9.26 Å². The van der Waals surface area contributed by atoms with E-state index in [9.17, 15) is 4.79 Å². The zero-order chi connectivity index (χ0) is 23.9. The van der Waals surface area contributed by atoms with Gasteiger partial charge in [-0.1, -0.05) is 11.2 Å². The van der Waals surface area contributed by atoms with Gasteiger partial charge >= 0.3 is 0 Å². The van der Waals surface area contributed by atoms with Gasteiger partial charge in [-0.3, -0.25) is 9.69 Å². The largest absolute Gasteiger partial charge is 0.493 e. The molecule has 2 fully saturated rings. The fourth-order valence-electron chi connectivity index (χ4n) is 4.59. The lowest BCUT2D eigenvalue weighted by atomic mass is 9.91. The predicted octanol–water partition coefficient (Wildman–Crippen LogP) is 5.14. The smallest absolute Gasteiger partial charge is 0.252 e. The second kappa shape index (κ2) is 14.6. The first-order valence-electron chi connectivity index (χ1n) is 12.6. The van der Waals surface area contributed by atoms with Gasteiger partial charge in [0.1, 0.15) is 5.75 Å². The second-order valence-corrected chi connectivity index (χ2v) is 9.73. The average Bonchev–Trinajstić information content (AvgIpc) is 3.58. The number of H-pyrrole nitrogens is 1. The quantitative estimate of drug-likeness (QED) is 0.413. The molecule has 2 aromatic heterocycles. The van der Waals surface area contributed by atoms with E-state index in [2.05, 4.69) is 39.4 Å². The Balaban J connectivity index is 0.000000871. The van der Waals surface area contributed by atoms with Crippen molar-refractivity contribution in [2.24, 2.45) is 11.8 Å². The molecule has 5 rings (SSSR count). The number of fused-ring (bicyclic) bond motifs is 1. The minimum atomic E-state index is 0. The number of nitrogens with one attached hydrogen (secondary N) is 2. The number of halogens is 2. The maximum atomic E-state index is 11.9. The Labute approximate surface area is 226 Å². The van der Waals surface area contributed by atoms with E-state index in [1.807, 2.05) is 26.2 Å². The number of rotatable bonds is 8. The molecule has 0 unspecified atom stereocenters. The SMILES string of the molecule is CNC.Cc1c(OCC2CC2)ccc2c(CCC3CCN(Cc4ccc[nH]c4=O)CC3)noc12.Cl.Cl. The van der Waals surface area contributed by atoms with E-state index in [-0.39, 0.29) is 30.4 Å². The molecule has 0 amide bonds. The molecule has 9 heteroatoms. The number of likely N-dealkylation sites (tertiary alicyclic amines) is 1. The van der Waals surface area contributed by atoms with Crippen LogP contribution in [0.3, 0.4) is 0 Å². The lowest BCUT2D eigenvalue weighted by Gasteiger charge is -2.31. The van der Waals surface area contributed by atoms with Crippen LogP contribution in [0.4, 0.5) is 0 Å². The number of pyridine rings is 1. The molecule has 7 nitrogen and oxygen atoms in total. The van der Waals surface area contributed by atoms with Gasteiger partial charge in [0.05, 0.1) is 12.3 Å². The second-order valence-electron chi connectivity index (χ2n) is 9.73. The molecule has 3 heterocycles. The highest BCUT2D eigenvalue weighted by molar-refractivity contribution is 5.86. The third-order valence-corrected chi connectivity index (χ3v) is 6.88. The molecule has 1 aromatic carbocycles. The van der Waals surface area contributed by atoms with Crippen LogP contribution in [-0.4, -0.2) is 48.8 Å². The summed E-state index contributed by atoms with van der Waals surface area (Å²) < 4.78 is 11.7. The van der Waals surface area contributed by atoms with E-state index in [1.54, 1.807) is 6.20 Å². The molecule has 1 aliphatic carbocycles. The molecule has 1 aliphatic heterocycles. The predicted molar refractivity (Wildman–Crippen MR) is 150 cm³/mol. The van der Waals surface area contributed by atoms with Crippen LogP contribution in [0.1, 0.15) is 48.9 Å². The Kier molecular flexibility index (Phi) is 12.3. The summed E-state index contributed by atoms with van der Waals surface area (Å²) in [6.45, 7) is 5.69. The van der Waals surface area contributed by atoms with Crippen molar-refractivity contribution >= 4 is 35.8 Å². The fourth-order valence-corrected chi connectivity index (χ4v) is 4.59. The van der Waals surface area contributed by atoms with Gasteiger partial charge in [-0.25, -0.2) is 0 Å². The summed E-state index contributed by atoms with van der Waals surface area (Å²) in [7, 11) is 3.75. The van der Waals surface area contributed by atoms with Gasteiger partial charge < -0.3 is 19.6 Å². The molecular formula is C27H40Cl2N4O3. The molecule has 3 aromatic rings. The number of aromatic nitrogens is 2. The van der Waals surface area contributed by atoms with Crippen molar-refractivity contribution in [3.8, 4) is 5.75 Å². The highest BCUT2D eigenvalue weighted by Crippen LogP contribution is 2.34. The molecule has 0 spiro atoms. The molecule has 1 saturated carbocycles. The Hall–Kier alpha value is -2.06. The Morgan fingerprint density at radius 3 is 2.50 bits per heavy atom. The lowest BCUT2D eigenvalue weighted by molar-refractivity contribution is 0.171. The summed E-state index contributed by atoms with van der Waals surface area (Å²) in [5.41, 5.74) is 3.86. The Morgan fingerprint density at radius 2 is 1.83 bits per heavy atom. The number of aryl methyl sites for hydroxylation is 2. The van der Waals surface area contributed by atoms with Crippen molar-refractivity contribution < 1.29 is 9.26 Å². The first-order valence-corrected chi connectivity index (χ1v) is 12.6. The molecular weight excluding hydrogens is 499 g/mol. The molecule has 1 saturated heterocycles. The molecule has 2 aliphatic rings. The minimum Gasteiger partial charge on any atom is -0.493 e. The van der Waals surface area contributed by atoms with Crippen molar-refractivity contribution in [3.05, 3.63) is 57.6 Å². The monoisotopic (exact) mass is 538 g/mol. The number of benzene rings is 1. The van der Waals surface area contributed by atoms with E-state index < -0.39 is 0 Å². The first kappa shape index (κ1) is 30.2. The van der Waals surface area contributed by atoms with Crippen molar-refractivity contribution in [1.29, 1.82) is 0 Å². The maximum Gasteiger partial charge on any atom is 0.252 e. The van der Waals surface area contributed by atoms with Gasteiger partial charge in [-0.2, -0.15) is 0 Å². The van der Waals surface area contributed by atoms with Crippen LogP contribution in [0, 0.1) is 18.8 Å². The normalized spacial score (nSPS) is 16.0. The molecule has 200 valence electrons. The maximum absolute atomic E-state index is 11.9. The van der Waals surface area contributed by atoms with Crippen LogP contribution >= 0.6 is 24.8 Å². The average molecular weight is 540 g/mol. The van der Waals surface area contributed by atoms with Crippen molar-refractivity contribution in [1.82, 2.24) is 20.4 Å². The third-order valence-electron chi connectivity index (χ3n) is 6.88. The summed E-state index contributed by atoms with van der Waals surface area (Å²) in [4.78, 5) is 17.1. The van der Waals surface area contributed by atoms with Crippen LogP contribution in [0.5, 0.6) is 5.75 Å². The van der Waals surface area contributed by atoms with E-state index >= 15 is 0 Å². The minimum absolute atomic E-state index is 0. The highest BCUT2D eigenvalue weighted by atomic mass is 35.5. The van der Waals surface area contributed by atoms with Gasteiger partial charge in [0.25, 0.3) is 5.56 Å². The standard InChI is InChI=1S/C25H31N3O3.C2H7N.2ClH/c1-17-23(30-16-19-4-5-19)9-7-21-22(27-31-24(17)21)8-6-18-10-13-28(14-11-18)15-20-3-2-12-26-25(20)29;1-3-2;;/h2-3,7,9,12,18-19H,4-6,8,10-11,13-16H2,1H3,(H,26,29);3H,1-2H3;2*1H. The Morgan fingerprint density at radius 1 is 1.11 bits per heavy atom. The fraction of sp³-hybridized carbons (Fsp3) is 0.556. The number of aromatic amines is 1. The zero-order valence-corrected chi connectivity index (χ0v) is 23.2. The molecule has 2 N–H and O–H groups in total. The number of piperidine rings is 1. The van der Waals surface area contributed by atoms with E-state index in [0.717, 1.165) is 78.5 Å². The van der Waals surface area contributed by atoms with Crippen molar-refractivity contribution in [3.63, 3.8) is 0 Å². The molecule has 0 radical (unpaired) electrons. The zero-order valence-electron chi connectivity index (χ0n) is 21.5. The van der Waals surface area contributed by atoms with Crippen LogP contribution < -0.4 is 15.6 Å². The van der Waals surface area contributed by atoms with Gasteiger partial charge in [0, 0.05) is 29.3 Å². The molecule has 0 bridgehead atoms. The summed E-state index contributed by atoms with van der Waals surface area (Å²) in [5, 5.41) is 8.26. The summed E-state index contributed by atoms with van der Waals surface area (Å²) >= 11 is 0. The molecule has 36 heavy (non-hydrogen) atoms. The number of nitrogens with zero attached hydrogens (tertiary/aromatic N) is 2. The number of hydrogen-bond donors (Lipinski definition) is 2. The van der Waals surface area contributed by atoms with Crippen molar-refractivity contribution in [2.75, 3.05) is 33.8 Å². The highest BCUT2D eigenvalue weighted by Gasteiger charge is 2.24.